The number of nitrogens with one attached hydrogen (secondary N) is 3. The number of benzene rings is 2. The highest BCUT2D eigenvalue weighted by atomic mass is 16.5. The summed E-state index contributed by atoms with van der Waals surface area (Å²) in [6, 6.07) is 10.3. The zero-order chi connectivity index (χ0) is 24.2. The molecule has 9 nitrogen and oxygen atoms in total. The van der Waals surface area contributed by atoms with Gasteiger partial charge in [0, 0.05) is 47.9 Å². The second-order valence-corrected chi connectivity index (χ2v) is 8.26. The molecular formula is C25H28N6O3. The van der Waals surface area contributed by atoms with E-state index in [0.29, 0.717) is 17.3 Å². The lowest BCUT2D eigenvalue weighted by molar-refractivity contribution is 0.0343. The Bertz CT molecular complexity index is 1230. The van der Waals surface area contributed by atoms with Crippen molar-refractivity contribution < 1.29 is 14.6 Å². The fourth-order valence-corrected chi connectivity index (χ4v) is 3.99. The van der Waals surface area contributed by atoms with E-state index in [1.165, 1.54) is 18.3 Å². The molecule has 1 aliphatic rings. The summed E-state index contributed by atoms with van der Waals surface area (Å²) in [4.78, 5) is 15.7. The molecule has 1 atom stereocenters. The highest BCUT2D eigenvalue weighted by Crippen LogP contribution is 2.34. The molecule has 1 aromatic heterocycles. The van der Waals surface area contributed by atoms with Crippen LogP contribution in [0.5, 0.6) is 0 Å². The van der Waals surface area contributed by atoms with Crippen LogP contribution >= 0.6 is 0 Å². The van der Waals surface area contributed by atoms with Gasteiger partial charge in [0.05, 0.1) is 5.56 Å². The van der Waals surface area contributed by atoms with Crippen molar-refractivity contribution >= 4 is 35.1 Å². The summed E-state index contributed by atoms with van der Waals surface area (Å²) in [5, 5.41) is 28.4. The highest BCUT2D eigenvalue weighted by molar-refractivity contribution is 5.97. The van der Waals surface area contributed by atoms with Crippen LogP contribution in [0.1, 0.15) is 47.7 Å². The van der Waals surface area contributed by atoms with Crippen LogP contribution in [0.2, 0.25) is 0 Å². The molecule has 0 spiro atoms. The number of aromatic nitrogens is 3. The maximum atomic E-state index is 11.1. The van der Waals surface area contributed by atoms with Gasteiger partial charge < -0.3 is 25.9 Å². The summed E-state index contributed by atoms with van der Waals surface area (Å²) < 4.78 is 7.43. The van der Waals surface area contributed by atoms with E-state index in [0.717, 1.165) is 53.9 Å². The summed E-state index contributed by atoms with van der Waals surface area (Å²) in [5.74, 6) is -0.00362. The van der Waals surface area contributed by atoms with Crippen molar-refractivity contribution in [3.8, 4) is 11.4 Å². The number of anilines is 3. The maximum Gasteiger partial charge on any atom is 0.335 e. The Labute approximate surface area is 198 Å². The molecule has 1 aliphatic heterocycles. The summed E-state index contributed by atoms with van der Waals surface area (Å²) in [5.41, 5.74) is 4.83. The minimum atomic E-state index is -0.981. The van der Waals surface area contributed by atoms with E-state index in [9.17, 15) is 4.79 Å². The van der Waals surface area contributed by atoms with E-state index in [4.69, 9.17) is 15.3 Å². The number of hydrogen-bond acceptors (Lipinski definition) is 7. The second kappa shape index (κ2) is 9.88. The van der Waals surface area contributed by atoms with Crippen LogP contribution in [0.25, 0.3) is 17.0 Å². The first-order chi connectivity index (χ1) is 16.4. The Kier molecular flexibility index (Phi) is 6.74. The number of ether oxygens (including phenoxy) is 1. The van der Waals surface area contributed by atoms with Gasteiger partial charge in [-0.15, -0.1) is 5.10 Å². The van der Waals surface area contributed by atoms with Crippen molar-refractivity contribution in [3.63, 3.8) is 0 Å². The van der Waals surface area contributed by atoms with Gasteiger partial charge in [-0.05, 0) is 56.0 Å². The van der Waals surface area contributed by atoms with Gasteiger partial charge in [0.15, 0.2) is 5.82 Å². The SMILES string of the molecule is C=C(C)c1c(Nc2nc(-c3ccc(C(=O)O)cc3)nn2C)ccc(NC2CCCCO2)c1C=N. The van der Waals surface area contributed by atoms with Crippen molar-refractivity contribution in [3.05, 3.63) is 59.7 Å². The van der Waals surface area contributed by atoms with Gasteiger partial charge in [0.1, 0.15) is 6.23 Å². The first-order valence-electron chi connectivity index (χ1n) is 11.1. The van der Waals surface area contributed by atoms with Crippen LogP contribution < -0.4 is 10.6 Å². The smallest absolute Gasteiger partial charge is 0.335 e. The minimum absolute atomic E-state index is 0.0713. The normalized spacial score (nSPS) is 15.5. The maximum absolute atomic E-state index is 11.1. The molecule has 0 amide bonds. The van der Waals surface area contributed by atoms with Gasteiger partial charge in [-0.2, -0.15) is 4.98 Å². The number of carboxylic acids is 1. The third-order valence-corrected chi connectivity index (χ3v) is 5.71. The molecule has 0 bridgehead atoms. The Morgan fingerprint density at radius 2 is 1.97 bits per heavy atom. The number of carbonyl (C=O) groups is 1. The number of rotatable bonds is 8. The van der Waals surface area contributed by atoms with Gasteiger partial charge in [-0.25, -0.2) is 9.48 Å². The molecule has 1 fully saturated rings. The number of aryl methyl sites for hydroxylation is 1. The lowest BCUT2D eigenvalue weighted by atomic mass is 9.98. The van der Waals surface area contributed by atoms with Crippen molar-refractivity contribution in [2.24, 2.45) is 7.05 Å². The summed E-state index contributed by atoms with van der Waals surface area (Å²) >= 11 is 0. The average Bonchev–Trinajstić information content (AvgIpc) is 3.20. The van der Waals surface area contributed by atoms with E-state index < -0.39 is 5.97 Å². The second-order valence-electron chi connectivity index (χ2n) is 8.26. The average molecular weight is 461 g/mol. The summed E-state index contributed by atoms with van der Waals surface area (Å²) in [7, 11) is 1.78. The molecule has 4 rings (SSSR count). The van der Waals surface area contributed by atoms with E-state index >= 15 is 0 Å². The number of carboxylic acid groups (broad SMARTS) is 1. The monoisotopic (exact) mass is 460 g/mol. The van der Waals surface area contributed by atoms with Crippen LogP contribution in [-0.4, -0.2) is 44.9 Å². The van der Waals surface area contributed by atoms with Crippen LogP contribution in [0.15, 0.2) is 43.0 Å². The molecule has 3 aromatic rings. The summed E-state index contributed by atoms with van der Waals surface area (Å²) in [6.45, 7) is 6.77. The number of aromatic carboxylic acids is 1. The molecule has 1 saturated heterocycles. The summed E-state index contributed by atoms with van der Waals surface area (Å²) in [6.07, 6.45) is 4.36. The fourth-order valence-electron chi connectivity index (χ4n) is 3.99. The zero-order valence-corrected chi connectivity index (χ0v) is 19.3. The van der Waals surface area contributed by atoms with Crippen LogP contribution in [0, 0.1) is 5.41 Å². The van der Waals surface area contributed by atoms with Crippen molar-refractivity contribution in [1.29, 1.82) is 5.41 Å². The highest BCUT2D eigenvalue weighted by Gasteiger charge is 2.19. The first-order valence-corrected chi connectivity index (χ1v) is 11.1. The quantitative estimate of drug-likeness (QED) is 0.353. The zero-order valence-electron chi connectivity index (χ0n) is 19.3. The van der Waals surface area contributed by atoms with Gasteiger partial charge in [-0.1, -0.05) is 18.7 Å². The number of nitrogens with zero attached hydrogens (tertiary/aromatic N) is 3. The van der Waals surface area contributed by atoms with Gasteiger partial charge in [0.2, 0.25) is 5.95 Å². The Morgan fingerprint density at radius 1 is 1.24 bits per heavy atom. The molecule has 2 aromatic carbocycles. The number of hydrogen-bond donors (Lipinski definition) is 4. The Hall–Kier alpha value is -3.98. The van der Waals surface area contributed by atoms with E-state index in [1.807, 2.05) is 19.1 Å². The lowest BCUT2D eigenvalue weighted by Gasteiger charge is -2.26. The van der Waals surface area contributed by atoms with Gasteiger partial charge >= 0.3 is 5.97 Å². The third-order valence-electron chi connectivity index (χ3n) is 5.71. The molecule has 0 saturated carbocycles. The molecule has 176 valence electrons. The van der Waals surface area contributed by atoms with Gasteiger partial charge in [-0.3, -0.25) is 0 Å². The predicted molar refractivity (Wildman–Crippen MR) is 133 cm³/mol. The van der Waals surface area contributed by atoms with Gasteiger partial charge in [0.25, 0.3) is 0 Å². The van der Waals surface area contributed by atoms with Crippen LogP contribution in [0.4, 0.5) is 17.3 Å². The van der Waals surface area contributed by atoms with E-state index in [1.54, 1.807) is 23.9 Å². The Balaban J connectivity index is 1.64. The lowest BCUT2D eigenvalue weighted by Crippen LogP contribution is -2.27. The Morgan fingerprint density at radius 3 is 2.59 bits per heavy atom. The van der Waals surface area contributed by atoms with Crippen molar-refractivity contribution in [2.75, 3.05) is 17.2 Å². The van der Waals surface area contributed by atoms with Crippen LogP contribution in [-0.2, 0) is 11.8 Å². The molecule has 4 N–H and O–H groups in total. The van der Waals surface area contributed by atoms with E-state index in [2.05, 4.69) is 27.3 Å². The van der Waals surface area contributed by atoms with Crippen molar-refractivity contribution in [2.45, 2.75) is 32.4 Å². The standard InChI is InChI=1S/C25H28N6O3/c1-15(2)22-18(14-26)19(27-21-6-4-5-13-34-21)11-12-20(22)28-25-29-23(30-31(25)3)16-7-9-17(10-8-16)24(32)33/h7-12,14,21,26-27H,1,4-6,13H2,2-3H3,(H,32,33)(H,28,29,30). The third kappa shape index (κ3) is 4.84. The molecule has 1 unspecified atom stereocenters. The predicted octanol–water partition coefficient (Wildman–Crippen LogP) is 4.89. The minimum Gasteiger partial charge on any atom is -0.478 e. The molecule has 34 heavy (non-hydrogen) atoms. The van der Waals surface area contributed by atoms with Crippen LogP contribution in [0.3, 0.4) is 0 Å². The first kappa shape index (κ1) is 23.2. The largest absolute Gasteiger partial charge is 0.478 e. The van der Waals surface area contributed by atoms with Crippen molar-refractivity contribution in [1.82, 2.24) is 14.8 Å². The fraction of sp³-hybridized carbons (Fsp3) is 0.280. The topological polar surface area (TPSA) is 125 Å². The van der Waals surface area contributed by atoms with E-state index in [-0.39, 0.29) is 11.8 Å². The molecule has 2 heterocycles. The molecular weight excluding hydrogens is 432 g/mol. The molecule has 9 heteroatoms. The molecule has 0 aliphatic carbocycles. The molecule has 0 radical (unpaired) electrons. The number of allylic oxidation sites excluding steroid dienone is 1.